The molecule has 0 saturated heterocycles. The van der Waals surface area contributed by atoms with E-state index in [9.17, 15) is 14.4 Å². The minimum Gasteiger partial charge on any atom is -0.480 e. The Hall–Kier alpha value is -2.95. The van der Waals surface area contributed by atoms with Gasteiger partial charge in [0.1, 0.15) is 6.61 Å². The molecule has 30 heavy (non-hydrogen) atoms. The third kappa shape index (κ3) is 4.61. The zero-order valence-electron chi connectivity index (χ0n) is 15.5. The van der Waals surface area contributed by atoms with Crippen LogP contribution >= 0.6 is 23.5 Å². The molecular weight excluding hydrogens is 426 g/mol. The summed E-state index contributed by atoms with van der Waals surface area (Å²) in [6, 6.07) is 12.6. The second kappa shape index (κ2) is 8.82. The summed E-state index contributed by atoms with van der Waals surface area (Å²) in [5.41, 5.74) is 1.12. The molecule has 0 aromatic heterocycles. The SMILES string of the molecule is O=C(O)COC1NC=C(CNC(=O)c2ccc3c(c2)NC(=O)c2ccccc2S3)S1. The minimum atomic E-state index is -1.05. The van der Waals surface area contributed by atoms with E-state index >= 15 is 0 Å². The molecule has 8 nitrogen and oxygen atoms in total. The molecule has 4 N–H and O–H groups in total. The second-order valence-corrected chi connectivity index (χ2v) is 8.65. The predicted octanol–water partition coefficient (Wildman–Crippen LogP) is 2.70. The lowest BCUT2D eigenvalue weighted by Gasteiger charge is -2.11. The summed E-state index contributed by atoms with van der Waals surface area (Å²) in [7, 11) is 0. The van der Waals surface area contributed by atoms with Crippen molar-refractivity contribution in [1.29, 1.82) is 0 Å². The molecule has 2 aliphatic rings. The number of aliphatic carboxylic acids is 1. The van der Waals surface area contributed by atoms with Gasteiger partial charge < -0.3 is 25.8 Å². The van der Waals surface area contributed by atoms with Crippen LogP contribution in [0.4, 0.5) is 5.69 Å². The van der Waals surface area contributed by atoms with Crippen molar-refractivity contribution in [2.24, 2.45) is 0 Å². The number of anilines is 1. The largest absolute Gasteiger partial charge is 0.480 e. The quantitative estimate of drug-likeness (QED) is 0.539. The molecule has 2 aromatic rings. The standard InChI is InChI=1S/C20H17N3O5S2/c24-17(25)10-28-20-22-9-12(29-20)8-21-18(26)11-5-6-16-14(7-11)23-19(27)13-3-1-2-4-15(13)30-16/h1-7,9,20,22H,8,10H2,(H,21,26)(H,23,27)(H,24,25). The number of amides is 2. The first-order valence-corrected chi connectivity index (χ1v) is 10.6. The van der Waals surface area contributed by atoms with Gasteiger partial charge in [0.15, 0.2) is 5.56 Å². The highest BCUT2D eigenvalue weighted by molar-refractivity contribution is 8.03. The first kappa shape index (κ1) is 20.3. The number of carboxylic acids is 1. The Morgan fingerprint density at radius 2 is 2.00 bits per heavy atom. The smallest absolute Gasteiger partial charge is 0.329 e. The van der Waals surface area contributed by atoms with Crippen molar-refractivity contribution in [3.63, 3.8) is 0 Å². The van der Waals surface area contributed by atoms with E-state index in [1.165, 1.54) is 23.5 Å². The molecule has 154 valence electrons. The molecule has 1 atom stereocenters. The maximum atomic E-state index is 12.6. The van der Waals surface area contributed by atoms with E-state index in [1.807, 2.05) is 24.3 Å². The molecule has 2 amide bonds. The number of hydrogen-bond donors (Lipinski definition) is 4. The van der Waals surface area contributed by atoms with E-state index in [0.717, 1.165) is 14.7 Å². The summed E-state index contributed by atoms with van der Waals surface area (Å²) in [5, 5.41) is 17.2. The minimum absolute atomic E-state index is 0.208. The summed E-state index contributed by atoms with van der Waals surface area (Å²) < 4.78 is 5.14. The van der Waals surface area contributed by atoms with Crippen LogP contribution in [0.3, 0.4) is 0 Å². The third-order valence-corrected chi connectivity index (χ3v) is 6.46. The van der Waals surface area contributed by atoms with Crippen molar-refractivity contribution < 1.29 is 24.2 Å². The Labute approximate surface area is 180 Å². The Morgan fingerprint density at radius 1 is 1.17 bits per heavy atom. The second-order valence-electron chi connectivity index (χ2n) is 6.38. The fourth-order valence-electron chi connectivity index (χ4n) is 2.87. The van der Waals surface area contributed by atoms with Crippen molar-refractivity contribution in [3.05, 3.63) is 64.7 Å². The van der Waals surface area contributed by atoms with Crippen LogP contribution in [0.2, 0.25) is 0 Å². The topological polar surface area (TPSA) is 117 Å². The molecular formula is C20H17N3O5S2. The summed E-state index contributed by atoms with van der Waals surface area (Å²) in [6.07, 6.45) is 1.68. The van der Waals surface area contributed by atoms with Crippen LogP contribution in [-0.4, -0.2) is 41.6 Å². The highest BCUT2D eigenvalue weighted by Gasteiger charge is 2.22. The van der Waals surface area contributed by atoms with Gasteiger partial charge in [0.25, 0.3) is 11.8 Å². The molecule has 2 heterocycles. The van der Waals surface area contributed by atoms with Gasteiger partial charge in [-0.25, -0.2) is 4.79 Å². The number of carbonyl (C=O) groups excluding carboxylic acids is 2. The molecule has 0 saturated carbocycles. The molecule has 1 unspecified atom stereocenters. The lowest BCUT2D eigenvalue weighted by atomic mass is 10.1. The van der Waals surface area contributed by atoms with Crippen LogP contribution in [-0.2, 0) is 9.53 Å². The van der Waals surface area contributed by atoms with Crippen LogP contribution in [0.5, 0.6) is 0 Å². The van der Waals surface area contributed by atoms with E-state index in [4.69, 9.17) is 9.84 Å². The fraction of sp³-hybridized carbons (Fsp3) is 0.150. The maximum Gasteiger partial charge on any atom is 0.329 e. The first-order valence-electron chi connectivity index (χ1n) is 8.95. The van der Waals surface area contributed by atoms with Gasteiger partial charge in [0.2, 0.25) is 0 Å². The van der Waals surface area contributed by atoms with Crippen LogP contribution in [0.15, 0.2) is 63.4 Å². The molecule has 0 fully saturated rings. The van der Waals surface area contributed by atoms with Crippen molar-refractivity contribution in [2.75, 3.05) is 18.5 Å². The number of ether oxygens (including phenoxy) is 1. The lowest BCUT2D eigenvalue weighted by Crippen LogP contribution is -2.25. The molecule has 10 heteroatoms. The van der Waals surface area contributed by atoms with Gasteiger partial charge >= 0.3 is 5.97 Å². The molecule has 2 aromatic carbocycles. The average molecular weight is 444 g/mol. The van der Waals surface area contributed by atoms with E-state index in [0.29, 0.717) is 16.8 Å². The van der Waals surface area contributed by atoms with Crippen molar-refractivity contribution >= 4 is 47.0 Å². The number of carboxylic acid groups (broad SMARTS) is 1. The predicted molar refractivity (Wildman–Crippen MR) is 113 cm³/mol. The number of rotatable bonds is 6. The van der Waals surface area contributed by atoms with Gasteiger partial charge in [-0.1, -0.05) is 35.7 Å². The van der Waals surface area contributed by atoms with Crippen molar-refractivity contribution in [3.8, 4) is 0 Å². The van der Waals surface area contributed by atoms with E-state index in [1.54, 1.807) is 24.4 Å². The molecule has 0 spiro atoms. The van der Waals surface area contributed by atoms with Gasteiger partial charge in [-0.05, 0) is 30.3 Å². The Balaban J connectivity index is 1.38. The number of benzene rings is 2. The Kier molecular flexibility index (Phi) is 5.98. The van der Waals surface area contributed by atoms with Gasteiger partial charge in [0.05, 0.1) is 17.8 Å². The molecule has 4 rings (SSSR count). The summed E-state index contributed by atoms with van der Waals surface area (Å²) in [4.78, 5) is 38.2. The molecule has 2 aliphatic heterocycles. The van der Waals surface area contributed by atoms with Crippen LogP contribution in [0, 0.1) is 0 Å². The van der Waals surface area contributed by atoms with E-state index in [-0.39, 0.29) is 18.4 Å². The Morgan fingerprint density at radius 3 is 2.83 bits per heavy atom. The fourth-order valence-corrected chi connectivity index (χ4v) is 4.72. The highest BCUT2D eigenvalue weighted by atomic mass is 32.2. The highest BCUT2D eigenvalue weighted by Crippen LogP contribution is 2.39. The maximum absolute atomic E-state index is 12.6. The number of fused-ring (bicyclic) bond motifs is 2. The summed E-state index contributed by atoms with van der Waals surface area (Å²) in [5.74, 6) is -1.54. The van der Waals surface area contributed by atoms with Gasteiger partial charge in [-0.3, -0.25) is 9.59 Å². The normalized spacial score (nSPS) is 17.0. The number of thioether (sulfide) groups is 1. The Bertz CT molecular complexity index is 1060. The first-order chi connectivity index (χ1) is 14.5. The van der Waals surface area contributed by atoms with Gasteiger partial charge in [0, 0.05) is 26.5 Å². The van der Waals surface area contributed by atoms with Crippen molar-refractivity contribution in [2.45, 2.75) is 15.4 Å². The van der Waals surface area contributed by atoms with Crippen molar-refractivity contribution in [1.82, 2.24) is 10.6 Å². The molecule has 0 bridgehead atoms. The van der Waals surface area contributed by atoms with E-state index < -0.39 is 18.1 Å². The number of carbonyl (C=O) groups is 3. The van der Waals surface area contributed by atoms with Gasteiger partial charge in [-0.15, -0.1) is 0 Å². The lowest BCUT2D eigenvalue weighted by molar-refractivity contribution is -0.142. The zero-order chi connectivity index (χ0) is 21.1. The average Bonchev–Trinajstić information content (AvgIpc) is 3.14. The number of hydrogen-bond acceptors (Lipinski definition) is 7. The molecule has 0 aliphatic carbocycles. The van der Waals surface area contributed by atoms with E-state index in [2.05, 4.69) is 16.0 Å². The zero-order valence-corrected chi connectivity index (χ0v) is 17.1. The third-order valence-electron chi connectivity index (χ3n) is 4.26. The number of nitrogens with one attached hydrogen (secondary N) is 3. The molecule has 0 radical (unpaired) electrons. The summed E-state index contributed by atoms with van der Waals surface area (Å²) >= 11 is 2.77. The van der Waals surface area contributed by atoms with Crippen LogP contribution in [0.1, 0.15) is 20.7 Å². The van der Waals surface area contributed by atoms with Crippen LogP contribution in [0.25, 0.3) is 0 Å². The monoisotopic (exact) mass is 443 g/mol. The van der Waals surface area contributed by atoms with Gasteiger partial charge in [-0.2, -0.15) is 0 Å². The summed E-state index contributed by atoms with van der Waals surface area (Å²) in [6.45, 7) is -0.131. The van der Waals surface area contributed by atoms with Crippen LogP contribution < -0.4 is 16.0 Å².